The Kier molecular flexibility index (Phi) is 5.65. The van der Waals surface area contributed by atoms with Crippen LogP contribution in [0.2, 0.25) is 0 Å². The summed E-state index contributed by atoms with van der Waals surface area (Å²) in [5, 5.41) is 0. The van der Waals surface area contributed by atoms with E-state index in [-0.39, 0.29) is 0 Å². The van der Waals surface area contributed by atoms with Crippen molar-refractivity contribution in [1.29, 1.82) is 0 Å². The topological polar surface area (TPSA) is 38.7 Å². The number of hydrogen-bond acceptors (Lipinski definition) is 3. The van der Waals surface area contributed by atoms with E-state index in [4.69, 9.17) is 9.97 Å². The zero-order chi connectivity index (χ0) is 23.6. The van der Waals surface area contributed by atoms with Crippen LogP contribution in [-0.4, -0.2) is 15.0 Å². The van der Waals surface area contributed by atoms with E-state index >= 15 is 0 Å². The molecule has 0 unspecified atom stereocenters. The lowest BCUT2D eigenvalue weighted by Gasteiger charge is -2.13. The third-order valence-corrected chi connectivity index (χ3v) is 6.45. The Hall–Kier alpha value is -4.15. The molecular weight excluding hydrogens is 494 g/mol. The summed E-state index contributed by atoms with van der Waals surface area (Å²) in [6.07, 6.45) is 1.80. The number of pyridine rings is 1. The highest BCUT2D eigenvalue weighted by atomic mass is 79.9. The number of aromatic nitrogens is 3. The van der Waals surface area contributed by atoms with Gasteiger partial charge in [0.2, 0.25) is 0 Å². The van der Waals surface area contributed by atoms with E-state index in [1.165, 1.54) is 0 Å². The Labute approximate surface area is 212 Å². The average molecular weight is 514 g/mol. The molecule has 2 aromatic heterocycles. The van der Waals surface area contributed by atoms with Crippen molar-refractivity contribution in [2.45, 2.75) is 0 Å². The highest BCUT2D eigenvalue weighted by Gasteiger charge is 2.15. The molecule has 0 radical (unpaired) electrons. The first-order chi connectivity index (χ1) is 17.2. The molecule has 2 heterocycles. The molecule has 3 nitrogen and oxygen atoms in total. The van der Waals surface area contributed by atoms with Crippen LogP contribution in [0.5, 0.6) is 0 Å². The maximum absolute atomic E-state index is 5.06. The third-order valence-electron chi connectivity index (χ3n) is 5.96. The molecule has 4 aromatic carbocycles. The Morgan fingerprint density at radius 3 is 1.77 bits per heavy atom. The maximum Gasteiger partial charge on any atom is 0.160 e. The van der Waals surface area contributed by atoms with E-state index in [0.29, 0.717) is 5.82 Å². The predicted octanol–water partition coefficient (Wildman–Crippen LogP) is 8.46. The molecule has 0 aliphatic heterocycles. The van der Waals surface area contributed by atoms with E-state index in [9.17, 15) is 0 Å². The first-order valence-corrected chi connectivity index (χ1v) is 12.2. The molecule has 0 aliphatic rings. The SMILES string of the molecule is Brc1cccc(-c2nc(-c3cc(-c4ccccc4)cc(-c4ccccc4)c3)c3ncccc3n2)c1. The molecule has 6 rings (SSSR count). The molecule has 6 aromatic rings. The van der Waals surface area contributed by atoms with Crippen LogP contribution in [0.1, 0.15) is 0 Å². The predicted molar refractivity (Wildman–Crippen MR) is 147 cm³/mol. The number of rotatable bonds is 4. The first kappa shape index (κ1) is 21.4. The van der Waals surface area contributed by atoms with Crippen LogP contribution < -0.4 is 0 Å². The second-order valence-electron chi connectivity index (χ2n) is 8.31. The van der Waals surface area contributed by atoms with Crippen LogP contribution >= 0.6 is 15.9 Å². The van der Waals surface area contributed by atoms with Crippen molar-refractivity contribution in [3.63, 3.8) is 0 Å². The van der Waals surface area contributed by atoms with Crippen molar-refractivity contribution in [3.8, 4) is 44.9 Å². The minimum absolute atomic E-state index is 0.674. The summed E-state index contributed by atoms with van der Waals surface area (Å²) in [5.41, 5.74) is 8.97. The Balaban J connectivity index is 1.63. The first-order valence-electron chi connectivity index (χ1n) is 11.4. The molecule has 0 aliphatic carbocycles. The van der Waals surface area contributed by atoms with Crippen molar-refractivity contribution in [2.24, 2.45) is 0 Å². The van der Waals surface area contributed by atoms with E-state index < -0.39 is 0 Å². The Morgan fingerprint density at radius 1 is 0.486 bits per heavy atom. The Morgan fingerprint density at radius 2 is 1.11 bits per heavy atom. The minimum Gasteiger partial charge on any atom is -0.252 e. The normalized spacial score (nSPS) is 11.0. The van der Waals surface area contributed by atoms with Gasteiger partial charge in [0, 0.05) is 21.8 Å². The highest BCUT2D eigenvalue weighted by Crippen LogP contribution is 2.35. The van der Waals surface area contributed by atoms with E-state index in [1.54, 1.807) is 6.20 Å². The van der Waals surface area contributed by atoms with Crippen molar-refractivity contribution in [3.05, 3.63) is 126 Å². The van der Waals surface area contributed by atoms with Gasteiger partial charge in [-0.15, -0.1) is 0 Å². The fraction of sp³-hybridized carbons (Fsp3) is 0. The van der Waals surface area contributed by atoms with Crippen molar-refractivity contribution >= 4 is 27.0 Å². The van der Waals surface area contributed by atoms with Crippen LogP contribution in [0.15, 0.2) is 126 Å². The molecule has 166 valence electrons. The summed E-state index contributed by atoms with van der Waals surface area (Å²) in [6.45, 7) is 0. The third kappa shape index (κ3) is 4.36. The van der Waals surface area contributed by atoms with Gasteiger partial charge in [-0.2, -0.15) is 0 Å². The fourth-order valence-corrected chi connectivity index (χ4v) is 4.68. The fourth-order valence-electron chi connectivity index (χ4n) is 4.28. The average Bonchev–Trinajstić information content (AvgIpc) is 2.93. The van der Waals surface area contributed by atoms with Crippen molar-refractivity contribution < 1.29 is 0 Å². The molecule has 0 spiro atoms. The van der Waals surface area contributed by atoms with Crippen molar-refractivity contribution in [2.75, 3.05) is 0 Å². The van der Waals surface area contributed by atoms with E-state index in [1.807, 2.05) is 48.5 Å². The zero-order valence-electron chi connectivity index (χ0n) is 18.8. The second-order valence-corrected chi connectivity index (χ2v) is 9.22. The van der Waals surface area contributed by atoms with E-state index in [0.717, 1.165) is 54.6 Å². The van der Waals surface area contributed by atoms with Gasteiger partial charge in [-0.3, -0.25) is 4.98 Å². The molecule has 0 N–H and O–H groups in total. The summed E-state index contributed by atoms with van der Waals surface area (Å²) in [6, 6.07) is 39.5. The molecule has 35 heavy (non-hydrogen) atoms. The molecular formula is C31H20BrN3. The van der Waals surface area contributed by atoms with Gasteiger partial charge < -0.3 is 0 Å². The number of fused-ring (bicyclic) bond motifs is 1. The lowest BCUT2D eigenvalue weighted by Crippen LogP contribution is -1.97. The molecule has 0 atom stereocenters. The monoisotopic (exact) mass is 513 g/mol. The zero-order valence-corrected chi connectivity index (χ0v) is 20.4. The van der Waals surface area contributed by atoms with Crippen molar-refractivity contribution in [1.82, 2.24) is 15.0 Å². The van der Waals surface area contributed by atoms with Gasteiger partial charge in [0.25, 0.3) is 0 Å². The highest BCUT2D eigenvalue weighted by molar-refractivity contribution is 9.10. The number of hydrogen-bond donors (Lipinski definition) is 0. The van der Waals surface area contributed by atoms with Crippen LogP contribution in [0.4, 0.5) is 0 Å². The largest absolute Gasteiger partial charge is 0.252 e. The van der Waals surface area contributed by atoms with Gasteiger partial charge in [-0.25, -0.2) is 9.97 Å². The lowest BCUT2D eigenvalue weighted by atomic mass is 9.94. The minimum atomic E-state index is 0.674. The standard InChI is InChI=1S/C31H20BrN3/c32-27-14-7-13-23(20-27)31-34-28-15-8-16-33-30(28)29(35-31)26-18-24(21-9-3-1-4-10-21)17-25(19-26)22-11-5-2-6-12-22/h1-20H. The lowest BCUT2D eigenvalue weighted by molar-refractivity contribution is 1.20. The molecule has 4 heteroatoms. The van der Waals surface area contributed by atoms with Crippen LogP contribution in [0.3, 0.4) is 0 Å². The summed E-state index contributed by atoms with van der Waals surface area (Å²) in [5.74, 6) is 0.674. The molecule has 0 saturated carbocycles. The number of halogens is 1. The summed E-state index contributed by atoms with van der Waals surface area (Å²) >= 11 is 3.58. The summed E-state index contributed by atoms with van der Waals surface area (Å²) < 4.78 is 0.990. The van der Waals surface area contributed by atoms with Crippen LogP contribution in [0.25, 0.3) is 55.9 Å². The number of nitrogens with zero attached hydrogens (tertiary/aromatic N) is 3. The number of benzene rings is 4. The van der Waals surface area contributed by atoms with Gasteiger partial charge in [-0.05, 0) is 64.7 Å². The van der Waals surface area contributed by atoms with Gasteiger partial charge in [0.15, 0.2) is 5.82 Å². The van der Waals surface area contributed by atoms with E-state index in [2.05, 4.69) is 87.6 Å². The van der Waals surface area contributed by atoms with Crippen LogP contribution in [-0.2, 0) is 0 Å². The molecule has 0 saturated heterocycles. The van der Waals surface area contributed by atoms with Crippen LogP contribution in [0, 0.1) is 0 Å². The van der Waals surface area contributed by atoms with Gasteiger partial charge >= 0.3 is 0 Å². The molecule has 0 bridgehead atoms. The summed E-state index contributed by atoms with van der Waals surface area (Å²) in [7, 11) is 0. The van der Waals surface area contributed by atoms with Gasteiger partial charge in [0.1, 0.15) is 11.2 Å². The summed E-state index contributed by atoms with van der Waals surface area (Å²) in [4.78, 5) is 14.6. The quantitative estimate of drug-likeness (QED) is 0.237. The molecule has 0 amide bonds. The maximum atomic E-state index is 5.06. The van der Waals surface area contributed by atoms with Gasteiger partial charge in [-0.1, -0.05) is 88.7 Å². The smallest absolute Gasteiger partial charge is 0.160 e. The molecule has 0 fully saturated rings. The van der Waals surface area contributed by atoms with Gasteiger partial charge in [0.05, 0.1) is 5.52 Å². The second kappa shape index (κ2) is 9.24. The Bertz CT molecular complexity index is 1590.